The van der Waals surface area contributed by atoms with Crippen LogP contribution < -0.4 is 5.32 Å². The lowest BCUT2D eigenvalue weighted by Crippen LogP contribution is -2.48. The van der Waals surface area contributed by atoms with Crippen LogP contribution in [0.4, 0.5) is 0 Å². The largest absolute Gasteiger partial charge is 0.337 e. The molecule has 2 aliphatic rings. The van der Waals surface area contributed by atoms with Crippen LogP contribution in [0.25, 0.3) is 0 Å². The molecular weight excluding hydrogens is 212 g/mol. The van der Waals surface area contributed by atoms with Gasteiger partial charge in [-0.2, -0.15) is 0 Å². The van der Waals surface area contributed by atoms with Gasteiger partial charge in [0, 0.05) is 18.5 Å². The maximum absolute atomic E-state index is 12.3. The van der Waals surface area contributed by atoms with Gasteiger partial charge in [0.2, 0.25) is 5.91 Å². The number of nitrogens with zero attached hydrogens (tertiary/aromatic N) is 1. The number of amides is 1. The molecule has 0 aromatic rings. The summed E-state index contributed by atoms with van der Waals surface area (Å²) in [4.78, 5) is 14.4. The van der Waals surface area contributed by atoms with Gasteiger partial charge in [-0.25, -0.2) is 0 Å². The molecule has 2 fully saturated rings. The second-order valence-electron chi connectivity index (χ2n) is 5.88. The summed E-state index contributed by atoms with van der Waals surface area (Å²) < 4.78 is 0. The fourth-order valence-electron chi connectivity index (χ4n) is 3.00. The molecule has 1 saturated carbocycles. The summed E-state index contributed by atoms with van der Waals surface area (Å²) in [6, 6.07) is 0.915. The first kappa shape index (κ1) is 12.9. The van der Waals surface area contributed by atoms with Gasteiger partial charge in [0.15, 0.2) is 0 Å². The zero-order chi connectivity index (χ0) is 12.3. The van der Waals surface area contributed by atoms with Crippen molar-refractivity contribution in [1.82, 2.24) is 10.2 Å². The fourth-order valence-corrected chi connectivity index (χ4v) is 3.00. The highest BCUT2D eigenvalue weighted by molar-refractivity contribution is 5.77. The highest BCUT2D eigenvalue weighted by Gasteiger charge is 2.30. The van der Waals surface area contributed by atoms with Crippen LogP contribution in [0.3, 0.4) is 0 Å². The summed E-state index contributed by atoms with van der Waals surface area (Å²) in [6.07, 6.45) is 6.80. The van der Waals surface area contributed by atoms with E-state index in [0.717, 1.165) is 31.8 Å². The Kier molecular flexibility index (Phi) is 4.43. The molecule has 1 N–H and O–H groups in total. The monoisotopic (exact) mass is 238 g/mol. The van der Waals surface area contributed by atoms with Crippen LogP contribution in [0.5, 0.6) is 0 Å². The van der Waals surface area contributed by atoms with E-state index in [1.807, 2.05) is 0 Å². The second-order valence-corrected chi connectivity index (χ2v) is 5.88. The zero-order valence-corrected chi connectivity index (χ0v) is 11.2. The summed E-state index contributed by atoms with van der Waals surface area (Å²) in [5, 5.41) is 3.37. The molecule has 1 saturated heterocycles. The van der Waals surface area contributed by atoms with Crippen molar-refractivity contribution in [2.45, 2.75) is 64.5 Å². The van der Waals surface area contributed by atoms with Gasteiger partial charge in [0.1, 0.15) is 0 Å². The van der Waals surface area contributed by atoms with Gasteiger partial charge in [-0.3, -0.25) is 4.79 Å². The third-order valence-corrected chi connectivity index (χ3v) is 4.24. The third-order valence-electron chi connectivity index (χ3n) is 4.24. The summed E-state index contributed by atoms with van der Waals surface area (Å²) in [5.41, 5.74) is 0. The molecule has 98 valence electrons. The van der Waals surface area contributed by atoms with Crippen molar-refractivity contribution in [2.24, 2.45) is 5.92 Å². The van der Waals surface area contributed by atoms with E-state index in [1.54, 1.807) is 0 Å². The number of carbonyl (C=O) groups excluding carboxylic acids is 1. The molecule has 1 heterocycles. The number of nitrogens with one attached hydrogen (secondary N) is 1. The summed E-state index contributed by atoms with van der Waals surface area (Å²) in [6.45, 7) is 6.54. The maximum Gasteiger partial charge on any atom is 0.223 e. The molecule has 1 unspecified atom stereocenters. The summed E-state index contributed by atoms with van der Waals surface area (Å²) in [7, 11) is 0. The third kappa shape index (κ3) is 3.21. The number of hydrogen-bond acceptors (Lipinski definition) is 2. The minimum absolute atomic E-state index is 0.370. The number of rotatable bonds is 5. The maximum atomic E-state index is 12.3. The van der Waals surface area contributed by atoms with Crippen LogP contribution in [-0.2, 0) is 4.79 Å². The van der Waals surface area contributed by atoms with Crippen LogP contribution in [0.15, 0.2) is 0 Å². The Labute approximate surface area is 105 Å². The molecule has 0 spiro atoms. The van der Waals surface area contributed by atoms with Gasteiger partial charge >= 0.3 is 0 Å². The van der Waals surface area contributed by atoms with Gasteiger partial charge < -0.3 is 10.2 Å². The Bertz CT molecular complexity index is 255. The SMILES string of the molecule is CC(C)N(C(=O)CCC1CCNC1)C1CCC1. The smallest absolute Gasteiger partial charge is 0.223 e. The van der Waals surface area contributed by atoms with Crippen molar-refractivity contribution in [3.8, 4) is 0 Å². The predicted octanol–water partition coefficient (Wildman–Crippen LogP) is 2.17. The van der Waals surface area contributed by atoms with Crippen molar-refractivity contribution in [1.29, 1.82) is 0 Å². The van der Waals surface area contributed by atoms with E-state index in [4.69, 9.17) is 0 Å². The molecule has 1 atom stereocenters. The van der Waals surface area contributed by atoms with Crippen LogP contribution in [0.1, 0.15) is 52.4 Å². The average Bonchev–Trinajstić information content (AvgIpc) is 2.71. The molecule has 0 aromatic heterocycles. The minimum Gasteiger partial charge on any atom is -0.337 e. The normalized spacial score (nSPS) is 25.0. The molecule has 3 nitrogen and oxygen atoms in total. The van der Waals surface area contributed by atoms with E-state index < -0.39 is 0 Å². The minimum atomic E-state index is 0.370. The summed E-state index contributed by atoms with van der Waals surface area (Å²) >= 11 is 0. The van der Waals surface area contributed by atoms with Crippen molar-refractivity contribution in [3.63, 3.8) is 0 Å². The van der Waals surface area contributed by atoms with E-state index in [-0.39, 0.29) is 0 Å². The molecule has 1 amide bonds. The predicted molar refractivity (Wildman–Crippen MR) is 69.8 cm³/mol. The van der Waals surface area contributed by atoms with E-state index >= 15 is 0 Å². The van der Waals surface area contributed by atoms with Gasteiger partial charge in [0.25, 0.3) is 0 Å². The first-order valence-corrected chi connectivity index (χ1v) is 7.20. The van der Waals surface area contributed by atoms with Crippen LogP contribution in [0, 0.1) is 5.92 Å². The molecule has 17 heavy (non-hydrogen) atoms. The fraction of sp³-hybridized carbons (Fsp3) is 0.929. The summed E-state index contributed by atoms with van der Waals surface area (Å²) in [5.74, 6) is 1.12. The Balaban J connectivity index is 1.78. The van der Waals surface area contributed by atoms with Crippen molar-refractivity contribution in [3.05, 3.63) is 0 Å². The molecule has 0 bridgehead atoms. The highest BCUT2D eigenvalue weighted by atomic mass is 16.2. The highest BCUT2D eigenvalue weighted by Crippen LogP contribution is 2.27. The van der Waals surface area contributed by atoms with E-state index in [2.05, 4.69) is 24.1 Å². The van der Waals surface area contributed by atoms with Crippen LogP contribution in [0.2, 0.25) is 0 Å². The van der Waals surface area contributed by atoms with Gasteiger partial charge in [-0.05, 0) is 65.0 Å². The topological polar surface area (TPSA) is 32.3 Å². The first-order valence-electron chi connectivity index (χ1n) is 7.20. The quantitative estimate of drug-likeness (QED) is 0.796. The molecule has 1 aliphatic carbocycles. The molecule has 0 radical (unpaired) electrons. The Hall–Kier alpha value is -0.570. The lowest BCUT2D eigenvalue weighted by Gasteiger charge is -2.40. The van der Waals surface area contributed by atoms with Gasteiger partial charge in [0.05, 0.1) is 0 Å². The van der Waals surface area contributed by atoms with Crippen LogP contribution in [-0.4, -0.2) is 36.0 Å². The van der Waals surface area contributed by atoms with E-state index in [9.17, 15) is 4.79 Å². The lowest BCUT2D eigenvalue weighted by atomic mass is 9.90. The Morgan fingerprint density at radius 1 is 1.35 bits per heavy atom. The van der Waals surface area contributed by atoms with Crippen molar-refractivity contribution < 1.29 is 4.79 Å². The van der Waals surface area contributed by atoms with Crippen molar-refractivity contribution >= 4 is 5.91 Å². The Morgan fingerprint density at radius 3 is 2.59 bits per heavy atom. The van der Waals surface area contributed by atoms with Crippen molar-refractivity contribution in [2.75, 3.05) is 13.1 Å². The van der Waals surface area contributed by atoms with E-state index in [1.165, 1.54) is 25.7 Å². The average molecular weight is 238 g/mol. The molecule has 1 aliphatic heterocycles. The lowest BCUT2D eigenvalue weighted by molar-refractivity contribution is -0.137. The number of carbonyl (C=O) groups is 1. The van der Waals surface area contributed by atoms with Crippen LogP contribution >= 0.6 is 0 Å². The molecule has 3 heteroatoms. The Morgan fingerprint density at radius 2 is 2.12 bits per heavy atom. The standard InChI is InChI=1S/C14H26N2O/c1-11(2)16(13-4-3-5-13)14(17)7-6-12-8-9-15-10-12/h11-13,15H,3-10H2,1-2H3. The molecule has 0 aromatic carbocycles. The molecule has 2 rings (SSSR count). The number of hydrogen-bond donors (Lipinski definition) is 1. The first-order chi connectivity index (χ1) is 8.18. The molecular formula is C14H26N2O. The second kappa shape index (κ2) is 5.85. The van der Waals surface area contributed by atoms with Gasteiger partial charge in [-0.15, -0.1) is 0 Å². The van der Waals surface area contributed by atoms with Gasteiger partial charge in [-0.1, -0.05) is 0 Å². The zero-order valence-electron chi connectivity index (χ0n) is 11.2. The van der Waals surface area contributed by atoms with E-state index in [0.29, 0.717) is 18.0 Å².